The molecule has 2 aromatic carbocycles. The standard InChI is InChI=1S/C23H26N2O4/c26-21-3-1-2-19(16-21)23(28)25-10-8-18(9-11-25)22(27)17-4-6-20(7-5-17)24-12-14-29-15-13-24/h1-7,16,18,26H,8-15H2. The van der Waals surface area contributed by atoms with Crippen LogP contribution < -0.4 is 4.90 Å². The SMILES string of the molecule is O=C(c1ccc(N2CCOCC2)cc1)C1CCN(C(=O)c2cccc(O)c2)CC1. The van der Waals surface area contributed by atoms with E-state index in [0.717, 1.165) is 37.6 Å². The summed E-state index contributed by atoms with van der Waals surface area (Å²) in [4.78, 5) is 29.5. The van der Waals surface area contributed by atoms with Gasteiger partial charge in [-0.25, -0.2) is 0 Å². The van der Waals surface area contributed by atoms with E-state index in [-0.39, 0.29) is 23.4 Å². The number of nitrogens with zero attached hydrogens (tertiary/aromatic N) is 2. The number of rotatable bonds is 4. The molecule has 0 saturated carbocycles. The van der Waals surface area contributed by atoms with E-state index in [1.807, 2.05) is 24.3 Å². The molecule has 6 heteroatoms. The van der Waals surface area contributed by atoms with Crippen LogP contribution in [0, 0.1) is 5.92 Å². The van der Waals surface area contributed by atoms with Crippen LogP contribution in [-0.2, 0) is 4.74 Å². The van der Waals surface area contributed by atoms with Gasteiger partial charge in [0.2, 0.25) is 0 Å². The number of anilines is 1. The van der Waals surface area contributed by atoms with Crippen LogP contribution in [0.1, 0.15) is 33.6 Å². The van der Waals surface area contributed by atoms with Crippen LogP contribution in [0.4, 0.5) is 5.69 Å². The molecule has 4 rings (SSSR count). The van der Waals surface area contributed by atoms with Crippen LogP contribution in [0.15, 0.2) is 48.5 Å². The summed E-state index contributed by atoms with van der Waals surface area (Å²) in [7, 11) is 0. The Labute approximate surface area is 170 Å². The Hall–Kier alpha value is -2.86. The first kappa shape index (κ1) is 19.5. The Kier molecular flexibility index (Phi) is 5.81. The van der Waals surface area contributed by atoms with Gasteiger partial charge in [-0.05, 0) is 55.3 Å². The van der Waals surface area contributed by atoms with Crippen LogP contribution >= 0.6 is 0 Å². The lowest BCUT2D eigenvalue weighted by Crippen LogP contribution is -2.40. The number of ketones is 1. The number of phenols is 1. The van der Waals surface area contributed by atoms with E-state index in [9.17, 15) is 14.7 Å². The van der Waals surface area contributed by atoms with Crippen molar-refractivity contribution in [3.63, 3.8) is 0 Å². The Morgan fingerprint density at radius 3 is 2.24 bits per heavy atom. The zero-order valence-corrected chi connectivity index (χ0v) is 16.4. The molecular formula is C23H26N2O4. The number of benzene rings is 2. The van der Waals surface area contributed by atoms with Gasteiger partial charge < -0.3 is 19.6 Å². The predicted molar refractivity (Wildman–Crippen MR) is 111 cm³/mol. The fourth-order valence-electron chi connectivity index (χ4n) is 4.06. The first-order valence-electron chi connectivity index (χ1n) is 10.2. The zero-order chi connectivity index (χ0) is 20.2. The monoisotopic (exact) mass is 394 g/mol. The summed E-state index contributed by atoms with van der Waals surface area (Å²) in [5.41, 5.74) is 2.34. The first-order valence-corrected chi connectivity index (χ1v) is 10.2. The third-order valence-corrected chi connectivity index (χ3v) is 5.77. The number of ether oxygens (including phenoxy) is 1. The second-order valence-corrected chi connectivity index (χ2v) is 7.63. The van der Waals surface area contributed by atoms with Crippen molar-refractivity contribution in [3.8, 4) is 5.75 Å². The van der Waals surface area contributed by atoms with Gasteiger partial charge in [0.05, 0.1) is 13.2 Å². The van der Waals surface area contributed by atoms with E-state index in [1.165, 1.54) is 6.07 Å². The second kappa shape index (κ2) is 8.66. The number of carbonyl (C=O) groups is 2. The number of hydrogen-bond donors (Lipinski definition) is 1. The minimum Gasteiger partial charge on any atom is -0.508 e. The Balaban J connectivity index is 1.34. The minimum atomic E-state index is -0.0957. The third kappa shape index (κ3) is 4.43. The molecule has 1 N–H and O–H groups in total. The maximum Gasteiger partial charge on any atom is 0.253 e. The molecule has 1 amide bonds. The van der Waals surface area contributed by atoms with Gasteiger partial charge in [-0.1, -0.05) is 6.07 Å². The predicted octanol–water partition coefficient (Wildman–Crippen LogP) is 2.96. The summed E-state index contributed by atoms with van der Waals surface area (Å²) in [6.07, 6.45) is 1.32. The van der Waals surface area contributed by atoms with Crippen molar-refractivity contribution < 1.29 is 19.4 Å². The summed E-state index contributed by atoms with van der Waals surface area (Å²) in [6, 6.07) is 14.3. The summed E-state index contributed by atoms with van der Waals surface area (Å²) in [5, 5.41) is 9.58. The average molecular weight is 394 g/mol. The number of carbonyl (C=O) groups excluding carboxylic acids is 2. The summed E-state index contributed by atoms with van der Waals surface area (Å²) < 4.78 is 5.39. The largest absolute Gasteiger partial charge is 0.508 e. The van der Waals surface area contributed by atoms with Gasteiger partial charge in [0.25, 0.3) is 5.91 Å². The van der Waals surface area contributed by atoms with Crippen molar-refractivity contribution in [2.24, 2.45) is 5.92 Å². The quantitative estimate of drug-likeness (QED) is 0.808. The molecule has 0 bridgehead atoms. The van der Waals surface area contributed by atoms with Gasteiger partial charge in [0.15, 0.2) is 5.78 Å². The van der Waals surface area contributed by atoms with Crippen LogP contribution in [0.3, 0.4) is 0 Å². The molecule has 6 nitrogen and oxygen atoms in total. The smallest absolute Gasteiger partial charge is 0.253 e. The normalized spacial score (nSPS) is 17.9. The van der Waals surface area contributed by atoms with Crippen LogP contribution in [0.2, 0.25) is 0 Å². The number of Topliss-reactive ketones (excluding diaryl/α,β-unsaturated/α-hetero) is 1. The van der Waals surface area contributed by atoms with Crippen molar-refractivity contribution in [3.05, 3.63) is 59.7 Å². The highest BCUT2D eigenvalue weighted by Crippen LogP contribution is 2.25. The molecular weight excluding hydrogens is 368 g/mol. The number of amides is 1. The fraction of sp³-hybridized carbons (Fsp3) is 0.391. The highest BCUT2D eigenvalue weighted by molar-refractivity contribution is 5.99. The number of likely N-dealkylation sites (tertiary alicyclic amines) is 1. The van der Waals surface area contributed by atoms with Gasteiger partial charge in [0, 0.05) is 48.9 Å². The molecule has 0 spiro atoms. The van der Waals surface area contributed by atoms with Crippen LogP contribution in [0.5, 0.6) is 5.75 Å². The van der Waals surface area contributed by atoms with Crippen molar-refractivity contribution in [1.82, 2.24) is 4.90 Å². The van der Waals surface area contributed by atoms with Gasteiger partial charge in [-0.15, -0.1) is 0 Å². The van der Waals surface area contributed by atoms with Gasteiger partial charge >= 0.3 is 0 Å². The van der Waals surface area contributed by atoms with E-state index in [4.69, 9.17) is 4.74 Å². The Bertz CT molecular complexity index is 867. The van der Waals surface area contributed by atoms with E-state index in [1.54, 1.807) is 23.1 Å². The maximum atomic E-state index is 12.9. The van der Waals surface area contributed by atoms with Crippen molar-refractivity contribution >= 4 is 17.4 Å². The molecule has 2 aromatic rings. The van der Waals surface area contributed by atoms with Crippen molar-refractivity contribution in [2.75, 3.05) is 44.3 Å². The lowest BCUT2D eigenvalue weighted by molar-refractivity contribution is 0.0650. The number of morpholine rings is 1. The molecule has 2 saturated heterocycles. The molecule has 0 radical (unpaired) electrons. The summed E-state index contributed by atoms with van der Waals surface area (Å²) >= 11 is 0. The number of phenolic OH excluding ortho intramolecular Hbond substituents is 1. The van der Waals surface area contributed by atoms with E-state index >= 15 is 0 Å². The number of aromatic hydroxyl groups is 1. The van der Waals surface area contributed by atoms with Crippen molar-refractivity contribution in [2.45, 2.75) is 12.8 Å². The van der Waals surface area contributed by atoms with Crippen LogP contribution in [0.25, 0.3) is 0 Å². The minimum absolute atomic E-state index is 0.0579. The van der Waals surface area contributed by atoms with E-state index < -0.39 is 0 Å². The highest BCUT2D eigenvalue weighted by atomic mass is 16.5. The van der Waals surface area contributed by atoms with Gasteiger partial charge in [-0.3, -0.25) is 9.59 Å². The highest BCUT2D eigenvalue weighted by Gasteiger charge is 2.28. The molecule has 2 fully saturated rings. The van der Waals surface area contributed by atoms with Gasteiger partial charge in [-0.2, -0.15) is 0 Å². The first-order chi connectivity index (χ1) is 14.1. The molecule has 0 aromatic heterocycles. The molecule has 0 unspecified atom stereocenters. The lowest BCUT2D eigenvalue weighted by atomic mass is 9.88. The van der Waals surface area contributed by atoms with Crippen LogP contribution in [-0.4, -0.2) is 61.1 Å². The summed E-state index contributed by atoms with van der Waals surface area (Å²) in [6.45, 7) is 4.33. The molecule has 2 heterocycles. The Morgan fingerprint density at radius 1 is 0.897 bits per heavy atom. The number of piperidine rings is 1. The molecule has 2 aliphatic heterocycles. The topological polar surface area (TPSA) is 70.1 Å². The lowest BCUT2D eigenvalue weighted by Gasteiger charge is -2.31. The van der Waals surface area contributed by atoms with Gasteiger partial charge in [0.1, 0.15) is 5.75 Å². The third-order valence-electron chi connectivity index (χ3n) is 5.77. The maximum absolute atomic E-state index is 12.9. The molecule has 29 heavy (non-hydrogen) atoms. The average Bonchev–Trinajstić information content (AvgIpc) is 2.79. The molecule has 0 atom stereocenters. The zero-order valence-electron chi connectivity index (χ0n) is 16.4. The molecule has 2 aliphatic rings. The van der Waals surface area contributed by atoms with E-state index in [2.05, 4.69) is 4.90 Å². The molecule has 152 valence electrons. The fourth-order valence-corrected chi connectivity index (χ4v) is 4.06. The second-order valence-electron chi connectivity index (χ2n) is 7.63. The van der Waals surface area contributed by atoms with Crippen molar-refractivity contribution in [1.29, 1.82) is 0 Å². The Morgan fingerprint density at radius 2 is 1.59 bits per heavy atom. The molecule has 0 aliphatic carbocycles. The van der Waals surface area contributed by atoms with E-state index in [0.29, 0.717) is 31.5 Å². The number of hydrogen-bond acceptors (Lipinski definition) is 5. The summed E-state index contributed by atoms with van der Waals surface area (Å²) in [5.74, 6) is 0.0866.